The van der Waals surface area contributed by atoms with E-state index >= 15 is 0 Å². The number of nitrogens with one attached hydrogen (secondary N) is 1. The summed E-state index contributed by atoms with van der Waals surface area (Å²) in [4.78, 5) is 27.4. The number of rotatable bonds is 2. The average Bonchev–Trinajstić information content (AvgIpc) is 3.10. The van der Waals surface area contributed by atoms with E-state index in [1.54, 1.807) is 18.2 Å². The van der Waals surface area contributed by atoms with Gasteiger partial charge in [-0.25, -0.2) is 4.39 Å². The molecule has 4 rings (SSSR count). The Morgan fingerprint density at radius 1 is 1.20 bits per heavy atom. The van der Waals surface area contributed by atoms with Crippen molar-refractivity contribution in [2.24, 2.45) is 0 Å². The molecule has 25 heavy (non-hydrogen) atoms. The van der Waals surface area contributed by atoms with E-state index in [4.69, 9.17) is 0 Å². The largest absolute Gasteiger partial charge is 0.332 e. The third-order valence-electron chi connectivity index (χ3n) is 4.63. The van der Waals surface area contributed by atoms with E-state index in [1.165, 1.54) is 23.9 Å². The van der Waals surface area contributed by atoms with Crippen LogP contribution in [-0.2, 0) is 4.79 Å². The summed E-state index contributed by atoms with van der Waals surface area (Å²) < 4.78 is 13.2. The van der Waals surface area contributed by atoms with Crippen LogP contribution < -0.4 is 5.32 Å². The van der Waals surface area contributed by atoms with E-state index in [1.807, 2.05) is 17.0 Å². The highest BCUT2D eigenvalue weighted by molar-refractivity contribution is 8.00. The molecule has 1 atom stereocenters. The second kappa shape index (κ2) is 6.52. The molecule has 0 aromatic heterocycles. The number of carbonyl (C=O) groups excluding carboxylic acids is 2. The van der Waals surface area contributed by atoms with E-state index in [-0.39, 0.29) is 23.7 Å². The molecular weight excluding hydrogens is 339 g/mol. The lowest BCUT2D eigenvalue weighted by Gasteiger charge is -2.26. The Bertz CT molecular complexity index is 838. The van der Waals surface area contributed by atoms with Crippen molar-refractivity contribution in [1.29, 1.82) is 0 Å². The van der Waals surface area contributed by atoms with Crippen LogP contribution in [0.5, 0.6) is 0 Å². The Labute approximate surface area is 149 Å². The number of fused-ring (bicyclic) bond motifs is 1. The maximum absolute atomic E-state index is 13.2. The zero-order chi connectivity index (χ0) is 17.4. The van der Waals surface area contributed by atoms with Crippen LogP contribution in [0, 0.1) is 5.82 Å². The molecule has 0 saturated carbocycles. The molecule has 2 aliphatic rings. The minimum Gasteiger partial charge on any atom is -0.332 e. The Morgan fingerprint density at radius 2 is 2.00 bits per heavy atom. The highest BCUT2D eigenvalue weighted by atomic mass is 32.2. The summed E-state index contributed by atoms with van der Waals surface area (Å²) in [6.07, 6.45) is 1.79. The first-order valence-electron chi connectivity index (χ1n) is 8.25. The molecule has 6 heteroatoms. The van der Waals surface area contributed by atoms with Crippen LogP contribution in [0.4, 0.5) is 10.1 Å². The van der Waals surface area contributed by atoms with Crippen LogP contribution in [0.1, 0.15) is 34.8 Å². The highest BCUT2D eigenvalue weighted by Crippen LogP contribution is 2.36. The molecule has 0 aliphatic carbocycles. The van der Waals surface area contributed by atoms with Gasteiger partial charge in [-0.3, -0.25) is 9.59 Å². The van der Waals surface area contributed by atoms with Crippen LogP contribution in [0.15, 0.2) is 47.4 Å². The van der Waals surface area contributed by atoms with Gasteiger partial charge in [0, 0.05) is 17.0 Å². The number of anilines is 1. The average molecular weight is 356 g/mol. The molecule has 2 heterocycles. The minimum absolute atomic E-state index is 0.0342. The second-order valence-electron chi connectivity index (χ2n) is 6.26. The summed E-state index contributed by atoms with van der Waals surface area (Å²) in [5.74, 6) is 0.0217. The molecule has 1 N–H and O–H groups in total. The van der Waals surface area contributed by atoms with Crippen molar-refractivity contribution >= 4 is 29.3 Å². The monoisotopic (exact) mass is 356 g/mol. The first-order chi connectivity index (χ1) is 12.1. The van der Waals surface area contributed by atoms with Crippen LogP contribution in [0.2, 0.25) is 0 Å². The van der Waals surface area contributed by atoms with Crippen LogP contribution in [0.3, 0.4) is 0 Å². The molecule has 1 unspecified atom stereocenters. The van der Waals surface area contributed by atoms with Crippen molar-refractivity contribution in [3.63, 3.8) is 0 Å². The number of hydrogen-bond donors (Lipinski definition) is 1. The van der Waals surface area contributed by atoms with Gasteiger partial charge in [0.15, 0.2) is 0 Å². The molecule has 2 amide bonds. The van der Waals surface area contributed by atoms with Gasteiger partial charge in [0.2, 0.25) is 5.91 Å². The molecule has 2 aromatic rings. The van der Waals surface area contributed by atoms with Crippen molar-refractivity contribution in [2.45, 2.75) is 23.8 Å². The van der Waals surface area contributed by atoms with Crippen molar-refractivity contribution in [1.82, 2.24) is 4.90 Å². The fourth-order valence-electron chi connectivity index (χ4n) is 3.42. The summed E-state index contributed by atoms with van der Waals surface area (Å²) in [7, 11) is 0. The van der Waals surface area contributed by atoms with E-state index in [2.05, 4.69) is 5.32 Å². The molecule has 0 radical (unpaired) electrons. The summed E-state index contributed by atoms with van der Waals surface area (Å²) in [5.41, 5.74) is 2.22. The number of halogens is 1. The third kappa shape index (κ3) is 3.14. The second-order valence-corrected chi connectivity index (χ2v) is 7.27. The Hall–Kier alpha value is -2.34. The fourth-order valence-corrected chi connectivity index (χ4v) is 4.21. The van der Waals surface area contributed by atoms with E-state index in [9.17, 15) is 14.0 Å². The van der Waals surface area contributed by atoms with Crippen LogP contribution in [0.25, 0.3) is 0 Å². The number of thioether (sulfide) groups is 1. The maximum Gasteiger partial charge on any atom is 0.254 e. The molecule has 1 fully saturated rings. The first-order valence-corrected chi connectivity index (χ1v) is 9.23. The lowest BCUT2D eigenvalue weighted by Crippen LogP contribution is -2.30. The third-order valence-corrected chi connectivity index (χ3v) is 5.70. The van der Waals surface area contributed by atoms with Gasteiger partial charge < -0.3 is 10.2 Å². The Balaban J connectivity index is 1.60. The predicted octanol–water partition coefficient (Wildman–Crippen LogP) is 3.85. The van der Waals surface area contributed by atoms with Crippen LogP contribution >= 0.6 is 11.8 Å². The van der Waals surface area contributed by atoms with Crippen molar-refractivity contribution in [2.75, 3.05) is 17.6 Å². The van der Waals surface area contributed by atoms with Crippen LogP contribution in [-0.4, -0.2) is 29.0 Å². The summed E-state index contributed by atoms with van der Waals surface area (Å²) in [6.45, 7) is 0.680. The lowest BCUT2D eigenvalue weighted by atomic mass is 10.0. The number of amides is 2. The van der Waals surface area contributed by atoms with E-state index < -0.39 is 0 Å². The molecule has 1 saturated heterocycles. The van der Waals surface area contributed by atoms with Gasteiger partial charge in [-0.05, 0) is 48.7 Å². The van der Waals surface area contributed by atoms with Gasteiger partial charge in [0.05, 0.1) is 17.5 Å². The van der Waals surface area contributed by atoms with Crippen molar-refractivity contribution in [3.8, 4) is 0 Å². The number of benzene rings is 2. The standard InChI is InChI=1S/C19H17FN2O2S/c20-14-6-3-12(4-7-14)16-2-1-9-22(16)19(24)13-5-8-17-15(10-13)21-18(23)11-25-17/h3-8,10,16H,1-2,9,11H2,(H,21,23). The van der Waals surface area contributed by atoms with Gasteiger partial charge in [0.25, 0.3) is 5.91 Å². The highest BCUT2D eigenvalue weighted by Gasteiger charge is 2.31. The smallest absolute Gasteiger partial charge is 0.254 e. The van der Waals surface area contributed by atoms with Crippen molar-refractivity contribution < 1.29 is 14.0 Å². The van der Waals surface area contributed by atoms with E-state index in [0.29, 0.717) is 23.5 Å². The fraction of sp³-hybridized carbons (Fsp3) is 0.263. The minimum atomic E-state index is -0.275. The van der Waals surface area contributed by atoms with Gasteiger partial charge in [-0.1, -0.05) is 12.1 Å². The SMILES string of the molecule is O=C1CSc2ccc(C(=O)N3CCCC3c3ccc(F)cc3)cc2N1. The van der Waals surface area contributed by atoms with Crippen molar-refractivity contribution in [3.05, 3.63) is 59.4 Å². The zero-order valence-electron chi connectivity index (χ0n) is 13.5. The zero-order valence-corrected chi connectivity index (χ0v) is 14.3. The van der Waals surface area contributed by atoms with E-state index in [0.717, 1.165) is 23.3 Å². The topological polar surface area (TPSA) is 49.4 Å². The Kier molecular flexibility index (Phi) is 4.21. The van der Waals surface area contributed by atoms with Gasteiger partial charge in [-0.2, -0.15) is 0 Å². The number of hydrogen-bond acceptors (Lipinski definition) is 3. The number of nitrogens with zero attached hydrogens (tertiary/aromatic N) is 1. The number of likely N-dealkylation sites (tertiary alicyclic amines) is 1. The van der Waals surface area contributed by atoms with Gasteiger partial charge in [0.1, 0.15) is 5.82 Å². The van der Waals surface area contributed by atoms with Gasteiger partial charge >= 0.3 is 0 Å². The first kappa shape index (κ1) is 16.1. The molecular formula is C19H17FN2O2S. The molecule has 2 aliphatic heterocycles. The van der Waals surface area contributed by atoms with Gasteiger partial charge in [-0.15, -0.1) is 11.8 Å². The molecule has 0 bridgehead atoms. The normalized spacial score (nSPS) is 19.5. The quantitative estimate of drug-likeness (QED) is 0.889. The molecule has 128 valence electrons. The molecule has 2 aromatic carbocycles. The summed E-state index contributed by atoms with van der Waals surface area (Å²) in [5, 5.41) is 2.82. The predicted molar refractivity (Wildman–Crippen MR) is 95.2 cm³/mol. The molecule has 0 spiro atoms. The molecule has 4 nitrogen and oxygen atoms in total. The maximum atomic E-state index is 13.2. The Morgan fingerprint density at radius 3 is 2.80 bits per heavy atom. The summed E-state index contributed by atoms with van der Waals surface area (Å²) >= 11 is 1.48. The lowest BCUT2D eigenvalue weighted by molar-refractivity contribution is -0.113. The summed E-state index contributed by atoms with van der Waals surface area (Å²) in [6, 6.07) is 11.8. The number of carbonyl (C=O) groups is 2.